The third-order valence-corrected chi connectivity index (χ3v) is 5.23. The Balaban J connectivity index is 1.42. The van der Waals surface area contributed by atoms with Crippen LogP contribution in [0.4, 0.5) is 0 Å². The first kappa shape index (κ1) is 17.6. The Bertz CT molecular complexity index is 892. The SMILES string of the molecule is COc1cc(C[NH+]2CCc3ccccc3C2)ccc1OCc1ccccc1. The van der Waals surface area contributed by atoms with Gasteiger partial charge >= 0.3 is 0 Å². The number of hydrogen-bond acceptors (Lipinski definition) is 2. The van der Waals surface area contributed by atoms with Gasteiger partial charge in [-0.25, -0.2) is 0 Å². The summed E-state index contributed by atoms with van der Waals surface area (Å²) >= 11 is 0. The van der Waals surface area contributed by atoms with E-state index in [0.717, 1.165) is 36.6 Å². The lowest BCUT2D eigenvalue weighted by Gasteiger charge is -2.26. The van der Waals surface area contributed by atoms with Crippen LogP contribution >= 0.6 is 0 Å². The number of methoxy groups -OCH3 is 1. The molecule has 1 atom stereocenters. The van der Waals surface area contributed by atoms with Crippen LogP contribution in [0.1, 0.15) is 22.3 Å². The van der Waals surface area contributed by atoms with Gasteiger partial charge in [0.1, 0.15) is 19.7 Å². The minimum Gasteiger partial charge on any atom is -0.493 e. The van der Waals surface area contributed by atoms with E-state index in [-0.39, 0.29) is 0 Å². The topological polar surface area (TPSA) is 22.9 Å². The maximum atomic E-state index is 5.97. The number of nitrogens with one attached hydrogen (secondary N) is 1. The first-order valence-electron chi connectivity index (χ1n) is 9.56. The summed E-state index contributed by atoms with van der Waals surface area (Å²) in [5.74, 6) is 1.60. The van der Waals surface area contributed by atoms with E-state index in [9.17, 15) is 0 Å². The van der Waals surface area contributed by atoms with E-state index in [2.05, 4.69) is 48.5 Å². The second-order valence-electron chi connectivity index (χ2n) is 7.13. The van der Waals surface area contributed by atoms with E-state index in [1.165, 1.54) is 23.2 Å². The normalized spacial score (nSPS) is 15.8. The fourth-order valence-corrected chi connectivity index (χ4v) is 3.76. The third-order valence-electron chi connectivity index (χ3n) is 5.23. The monoisotopic (exact) mass is 360 g/mol. The van der Waals surface area contributed by atoms with Crippen molar-refractivity contribution in [3.8, 4) is 11.5 Å². The van der Waals surface area contributed by atoms with E-state index in [4.69, 9.17) is 9.47 Å². The molecule has 1 unspecified atom stereocenters. The summed E-state index contributed by atoms with van der Waals surface area (Å²) in [6.45, 7) is 3.81. The van der Waals surface area contributed by atoms with Crippen molar-refractivity contribution in [3.63, 3.8) is 0 Å². The second-order valence-corrected chi connectivity index (χ2v) is 7.13. The lowest BCUT2D eigenvalue weighted by Crippen LogP contribution is -3.10. The van der Waals surface area contributed by atoms with Crippen molar-refractivity contribution < 1.29 is 14.4 Å². The maximum absolute atomic E-state index is 5.97. The Morgan fingerprint density at radius 1 is 0.815 bits per heavy atom. The van der Waals surface area contributed by atoms with Crippen LogP contribution in [-0.4, -0.2) is 13.7 Å². The summed E-state index contributed by atoms with van der Waals surface area (Å²) < 4.78 is 11.6. The van der Waals surface area contributed by atoms with Gasteiger partial charge in [-0.3, -0.25) is 0 Å². The van der Waals surface area contributed by atoms with Crippen LogP contribution in [0.25, 0.3) is 0 Å². The fourth-order valence-electron chi connectivity index (χ4n) is 3.76. The minimum absolute atomic E-state index is 0.546. The quantitative estimate of drug-likeness (QED) is 0.728. The molecule has 0 saturated carbocycles. The Labute approximate surface area is 161 Å². The first-order valence-corrected chi connectivity index (χ1v) is 9.56. The zero-order valence-electron chi connectivity index (χ0n) is 15.8. The summed E-state index contributed by atoms with van der Waals surface area (Å²) in [6, 6.07) is 25.3. The number of hydrogen-bond donors (Lipinski definition) is 1. The van der Waals surface area contributed by atoms with Gasteiger partial charge in [-0.05, 0) is 29.3 Å². The van der Waals surface area contributed by atoms with Gasteiger partial charge in [-0.15, -0.1) is 0 Å². The zero-order valence-corrected chi connectivity index (χ0v) is 15.8. The van der Waals surface area contributed by atoms with Gasteiger partial charge in [0.25, 0.3) is 0 Å². The van der Waals surface area contributed by atoms with Crippen LogP contribution in [0, 0.1) is 0 Å². The molecule has 0 aliphatic carbocycles. The molecule has 1 aliphatic rings. The fraction of sp³-hybridized carbons (Fsp3) is 0.250. The Morgan fingerprint density at radius 2 is 1.59 bits per heavy atom. The zero-order chi connectivity index (χ0) is 18.5. The molecule has 1 heterocycles. The average molecular weight is 360 g/mol. The van der Waals surface area contributed by atoms with Gasteiger partial charge in [0, 0.05) is 17.5 Å². The summed E-state index contributed by atoms with van der Waals surface area (Å²) in [5, 5.41) is 0. The molecule has 0 radical (unpaired) electrons. The van der Waals surface area contributed by atoms with E-state index in [1.807, 2.05) is 24.3 Å². The van der Waals surface area contributed by atoms with Crippen molar-refractivity contribution in [2.45, 2.75) is 26.1 Å². The first-order chi connectivity index (χ1) is 13.3. The molecule has 0 spiro atoms. The molecule has 3 aromatic carbocycles. The van der Waals surface area contributed by atoms with Gasteiger partial charge in [-0.1, -0.05) is 54.6 Å². The molecule has 0 bridgehead atoms. The van der Waals surface area contributed by atoms with Crippen molar-refractivity contribution in [2.75, 3.05) is 13.7 Å². The van der Waals surface area contributed by atoms with Gasteiger partial charge < -0.3 is 14.4 Å². The van der Waals surface area contributed by atoms with E-state index < -0.39 is 0 Å². The predicted molar refractivity (Wildman–Crippen MR) is 107 cm³/mol. The standard InChI is InChI=1S/C24H25NO2/c1-26-24-15-20(11-12-23(24)27-18-19-7-3-2-4-8-19)16-25-14-13-21-9-5-6-10-22(21)17-25/h2-12,15H,13-14,16-18H2,1H3/p+1. The molecule has 138 valence electrons. The summed E-state index contributed by atoms with van der Waals surface area (Å²) in [6.07, 6.45) is 1.15. The molecule has 27 heavy (non-hydrogen) atoms. The second kappa shape index (κ2) is 8.28. The van der Waals surface area contributed by atoms with E-state index in [1.54, 1.807) is 12.0 Å². The molecule has 3 nitrogen and oxygen atoms in total. The molecular weight excluding hydrogens is 334 g/mol. The highest BCUT2D eigenvalue weighted by atomic mass is 16.5. The van der Waals surface area contributed by atoms with Gasteiger partial charge in [-0.2, -0.15) is 0 Å². The molecule has 3 heteroatoms. The van der Waals surface area contributed by atoms with Crippen molar-refractivity contribution in [3.05, 3.63) is 95.1 Å². The Hall–Kier alpha value is -2.78. The van der Waals surface area contributed by atoms with Gasteiger partial charge in [0.05, 0.1) is 13.7 Å². The molecule has 0 saturated heterocycles. The van der Waals surface area contributed by atoms with Crippen LogP contribution in [0.15, 0.2) is 72.8 Å². The van der Waals surface area contributed by atoms with Crippen molar-refractivity contribution in [1.82, 2.24) is 0 Å². The van der Waals surface area contributed by atoms with Crippen LogP contribution in [0.5, 0.6) is 11.5 Å². The smallest absolute Gasteiger partial charge is 0.161 e. The van der Waals surface area contributed by atoms with Crippen LogP contribution < -0.4 is 14.4 Å². The van der Waals surface area contributed by atoms with E-state index in [0.29, 0.717) is 6.61 Å². The average Bonchev–Trinajstić information content (AvgIpc) is 2.73. The van der Waals surface area contributed by atoms with Crippen molar-refractivity contribution >= 4 is 0 Å². The molecule has 4 rings (SSSR count). The minimum atomic E-state index is 0.546. The highest BCUT2D eigenvalue weighted by Gasteiger charge is 2.19. The number of ether oxygens (including phenoxy) is 2. The molecule has 3 aromatic rings. The van der Waals surface area contributed by atoms with Crippen LogP contribution in [0.2, 0.25) is 0 Å². The maximum Gasteiger partial charge on any atom is 0.161 e. The molecule has 0 amide bonds. The highest BCUT2D eigenvalue weighted by molar-refractivity contribution is 5.43. The Kier molecular flexibility index (Phi) is 5.40. The number of rotatable bonds is 6. The summed E-state index contributed by atoms with van der Waals surface area (Å²) in [4.78, 5) is 1.59. The predicted octanol–water partition coefficient (Wildman–Crippen LogP) is 3.42. The molecule has 0 fully saturated rings. The number of fused-ring (bicyclic) bond motifs is 1. The third kappa shape index (κ3) is 4.32. The summed E-state index contributed by atoms with van der Waals surface area (Å²) in [7, 11) is 1.71. The van der Waals surface area contributed by atoms with Crippen LogP contribution in [0.3, 0.4) is 0 Å². The molecular formula is C24H26NO2+. The van der Waals surface area contributed by atoms with Gasteiger partial charge in [0.15, 0.2) is 11.5 Å². The molecule has 0 aromatic heterocycles. The number of quaternary nitrogens is 1. The summed E-state index contributed by atoms with van der Waals surface area (Å²) in [5.41, 5.74) is 5.42. The van der Waals surface area contributed by atoms with E-state index >= 15 is 0 Å². The van der Waals surface area contributed by atoms with Crippen molar-refractivity contribution in [2.24, 2.45) is 0 Å². The van der Waals surface area contributed by atoms with Gasteiger partial charge in [0.2, 0.25) is 0 Å². The largest absolute Gasteiger partial charge is 0.493 e. The van der Waals surface area contributed by atoms with Crippen molar-refractivity contribution in [1.29, 1.82) is 0 Å². The Morgan fingerprint density at radius 3 is 2.41 bits per heavy atom. The lowest BCUT2D eigenvalue weighted by molar-refractivity contribution is -0.929. The molecule has 1 aliphatic heterocycles. The van der Waals surface area contributed by atoms with Crippen LogP contribution in [-0.2, 0) is 26.1 Å². The highest BCUT2D eigenvalue weighted by Crippen LogP contribution is 2.28. The molecule has 1 N–H and O–H groups in total. The lowest BCUT2D eigenvalue weighted by atomic mass is 9.99. The number of benzene rings is 3.